The van der Waals surface area contributed by atoms with Gasteiger partial charge < -0.3 is 15.2 Å². The molecule has 4 aromatic rings. The number of methoxy groups -OCH3 is 1. The van der Waals surface area contributed by atoms with Crippen LogP contribution in [-0.4, -0.2) is 78.0 Å². The normalized spacial score (nSPS) is 19.4. The first-order valence-corrected chi connectivity index (χ1v) is 15.0. The number of rotatable bonds is 10. The minimum absolute atomic E-state index is 0.0143. The molecule has 0 spiro atoms. The summed E-state index contributed by atoms with van der Waals surface area (Å²) in [6, 6.07) is 9.66. The van der Waals surface area contributed by atoms with Crippen molar-refractivity contribution >= 4 is 27.2 Å². The van der Waals surface area contributed by atoms with Gasteiger partial charge >= 0.3 is 0 Å². The van der Waals surface area contributed by atoms with Gasteiger partial charge in [0.15, 0.2) is 15.5 Å². The van der Waals surface area contributed by atoms with Crippen LogP contribution in [-0.2, 0) is 28.9 Å². The molecule has 1 aromatic carbocycles. The molecule has 5 rings (SSSR count). The number of nitrogens with two attached hydrogens (primary N) is 1. The molecule has 13 nitrogen and oxygen atoms in total. The molecule has 3 N–H and O–H groups in total. The maximum atomic E-state index is 13.0. The van der Waals surface area contributed by atoms with Crippen molar-refractivity contribution in [2.75, 3.05) is 39.4 Å². The SMILES string of the molecule is COCCO[C@]1(C(=O)NOC)CC[C@H](c2nc3c(-c4cnn(-c5ccccc5)c4)cnn3c(N)c2S(C)(=O)=O)CC1. The zero-order valence-electron chi connectivity index (χ0n) is 23.1. The number of hydrogen-bond acceptors (Lipinski definition) is 10. The smallest absolute Gasteiger partial charge is 0.275 e. The molecule has 41 heavy (non-hydrogen) atoms. The molecule has 0 aliphatic heterocycles. The molecule has 3 heterocycles. The number of anilines is 1. The fraction of sp³-hybridized carbons (Fsp3) is 0.407. The molecular weight excluding hydrogens is 550 g/mol. The van der Waals surface area contributed by atoms with Crippen LogP contribution in [0.25, 0.3) is 22.5 Å². The lowest BCUT2D eigenvalue weighted by Crippen LogP contribution is -2.51. The van der Waals surface area contributed by atoms with E-state index in [1.54, 1.807) is 24.2 Å². The van der Waals surface area contributed by atoms with Gasteiger partial charge in [-0.15, -0.1) is 0 Å². The molecule has 0 atom stereocenters. The van der Waals surface area contributed by atoms with E-state index in [1.165, 1.54) is 11.6 Å². The van der Waals surface area contributed by atoms with Crippen molar-refractivity contribution in [1.82, 2.24) is 29.9 Å². The number of nitrogens with zero attached hydrogens (tertiary/aromatic N) is 5. The van der Waals surface area contributed by atoms with E-state index in [0.29, 0.717) is 49.2 Å². The standard InChI is InChI=1S/C27H33N7O6S/c1-38-13-14-40-27(26(35)32-39-2)11-9-18(10-12-27)22-23(41(3,36)37)24(28)34-25(31-22)21(16-30-34)19-15-29-33(17-19)20-7-5-4-6-8-20/h4-8,15-18H,9-14,28H2,1-3H3,(H,32,35)/t18-,27+. The molecule has 3 aromatic heterocycles. The highest BCUT2D eigenvalue weighted by Crippen LogP contribution is 2.43. The first-order chi connectivity index (χ1) is 19.7. The summed E-state index contributed by atoms with van der Waals surface area (Å²) in [5.41, 5.74) is 10.8. The molecule has 218 valence electrons. The Morgan fingerprint density at radius 2 is 1.85 bits per heavy atom. The van der Waals surface area contributed by atoms with E-state index in [2.05, 4.69) is 15.7 Å². The number of hydrogen-bond donors (Lipinski definition) is 2. The van der Waals surface area contributed by atoms with E-state index in [1.807, 2.05) is 36.5 Å². The van der Waals surface area contributed by atoms with Crippen molar-refractivity contribution < 1.29 is 27.5 Å². The minimum Gasteiger partial charge on any atom is -0.382 e. The van der Waals surface area contributed by atoms with Crippen LogP contribution in [0, 0.1) is 0 Å². The maximum Gasteiger partial charge on any atom is 0.275 e. The van der Waals surface area contributed by atoms with Crippen molar-refractivity contribution in [3.8, 4) is 16.8 Å². The largest absolute Gasteiger partial charge is 0.382 e. The monoisotopic (exact) mass is 583 g/mol. The average molecular weight is 584 g/mol. The highest BCUT2D eigenvalue weighted by Gasteiger charge is 2.45. The van der Waals surface area contributed by atoms with Gasteiger partial charge in [0, 0.05) is 36.6 Å². The second kappa shape index (κ2) is 11.6. The Morgan fingerprint density at radius 3 is 2.51 bits per heavy atom. The predicted octanol–water partition coefficient (Wildman–Crippen LogP) is 2.30. The maximum absolute atomic E-state index is 13.0. The second-order valence-electron chi connectivity index (χ2n) is 10.0. The fourth-order valence-corrected chi connectivity index (χ4v) is 6.42. The Kier molecular flexibility index (Phi) is 8.09. The first-order valence-electron chi connectivity index (χ1n) is 13.1. The van der Waals surface area contributed by atoms with Crippen LogP contribution in [0.1, 0.15) is 37.3 Å². The summed E-state index contributed by atoms with van der Waals surface area (Å²) in [5, 5.41) is 8.85. The van der Waals surface area contributed by atoms with E-state index in [0.717, 1.165) is 17.5 Å². The summed E-state index contributed by atoms with van der Waals surface area (Å²) in [7, 11) is -0.861. The van der Waals surface area contributed by atoms with Gasteiger partial charge in [-0.3, -0.25) is 9.63 Å². The van der Waals surface area contributed by atoms with E-state index < -0.39 is 21.3 Å². The summed E-state index contributed by atoms with van der Waals surface area (Å²) in [6.07, 6.45) is 7.78. The van der Waals surface area contributed by atoms with Gasteiger partial charge in [0.1, 0.15) is 16.3 Å². The zero-order valence-corrected chi connectivity index (χ0v) is 23.9. The molecule has 0 bridgehead atoms. The molecule has 0 unspecified atom stereocenters. The molecule has 1 amide bonds. The van der Waals surface area contributed by atoms with Crippen molar-refractivity contribution in [2.45, 2.75) is 42.1 Å². The topological polar surface area (TPSA) is 165 Å². The number of aromatic nitrogens is 5. The summed E-state index contributed by atoms with van der Waals surface area (Å²) < 4.78 is 40.2. The van der Waals surface area contributed by atoms with Gasteiger partial charge in [0.25, 0.3) is 5.91 Å². The molecule has 1 aliphatic carbocycles. The molecule has 1 saturated carbocycles. The third-order valence-corrected chi connectivity index (χ3v) is 8.56. The third-order valence-electron chi connectivity index (χ3n) is 7.40. The Balaban J connectivity index is 1.53. The lowest BCUT2D eigenvalue weighted by atomic mass is 9.76. The van der Waals surface area contributed by atoms with Crippen LogP contribution in [0.15, 0.2) is 53.8 Å². The van der Waals surface area contributed by atoms with Gasteiger partial charge in [0.2, 0.25) is 0 Å². The number of benzene rings is 1. The number of para-hydroxylation sites is 1. The quantitative estimate of drug-likeness (QED) is 0.209. The Morgan fingerprint density at radius 1 is 1.12 bits per heavy atom. The van der Waals surface area contributed by atoms with Gasteiger partial charge in [0.05, 0.1) is 44.1 Å². The van der Waals surface area contributed by atoms with E-state index in [-0.39, 0.29) is 23.2 Å². The Hall–Kier alpha value is -3.85. The second-order valence-corrected chi connectivity index (χ2v) is 12.0. The Labute approximate surface area is 237 Å². The molecule has 0 saturated heterocycles. The van der Waals surface area contributed by atoms with Crippen molar-refractivity contribution in [1.29, 1.82) is 0 Å². The zero-order chi connectivity index (χ0) is 29.2. The van der Waals surface area contributed by atoms with E-state index in [4.69, 9.17) is 25.0 Å². The van der Waals surface area contributed by atoms with Crippen molar-refractivity contribution in [3.05, 3.63) is 54.6 Å². The minimum atomic E-state index is -3.78. The van der Waals surface area contributed by atoms with Crippen molar-refractivity contribution in [2.24, 2.45) is 0 Å². The molecule has 1 fully saturated rings. The van der Waals surface area contributed by atoms with Crippen molar-refractivity contribution in [3.63, 3.8) is 0 Å². The van der Waals surface area contributed by atoms with Gasteiger partial charge in [-0.1, -0.05) is 18.2 Å². The van der Waals surface area contributed by atoms with Crippen LogP contribution in [0.2, 0.25) is 0 Å². The molecule has 0 radical (unpaired) electrons. The summed E-state index contributed by atoms with van der Waals surface area (Å²) in [5.74, 6) is -0.704. The summed E-state index contributed by atoms with van der Waals surface area (Å²) in [6.45, 7) is 0.545. The van der Waals surface area contributed by atoms with Crippen LogP contribution >= 0.6 is 0 Å². The lowest BCUT2D eigenvalue weighted by Gasteiger charge is -2.38. The van der Waals surface area contributed by atoms with E-state index >= 15 is 0 Å². The summed E-state index contributed by atoms with van der Waals surface area (Å²) >= 11 is 0. The summed E-state index contributed by atoms with van der Waals surface area (Å²) in [4.78, 5) is 22.6. The number of carbonyl (C=O) groups excluding carboxylic acids is 1. The van der Waals surface area contributed by atoms with Gasteiger partial charge in [-0.05, 0) is 37.8 Å². The molecule has 1 aliphatic rings. The van der Waals surface area contributed by atoms with Crippen LogP contribution in [0.5, 0.6) is 0 Å². The van der Waals surface area contributed by atoms with Crippen LogP contribution in [0.3, 0.4) is 0 Å². The van der Waals surface area contributed by atoms with E-state index in [9.17, 15) is 13.2 Å². The number of nitrogens with one attached hydrogen (secondary N) is 1. The number of fused-ring (bicyclic) bond motifs is 1. The number of hydroxylamine groups is 1. The Bertz CT molecular complexity index is 1640. The number of ether oxygens (including phenoxy) is 2. The number of carbonyl (C=O) groups is 1. The predicted molar refractivity (Wildman–Crippen MR) is 150 cm³/mol. The lowest BCUT2D eigenvalue weighted by molar-refractivity contribution is -0.165. The highest BCUT2D eigenvalue weighted by atomic mass is 32.2. The first kappa shape index (κ1) is 28.7. The fourth-order valence-electron chi connectivity index (χ4n) is 5.36. The highest BCUT2D eigenvalue weighted by molar-refractivity contribution is 7.91. The van der Waals surface area contributed by atoms with Gasteiger partial charge in [-0.25, -0.2) is 23.6 Å². The van der Waals surface area contributed by atoms with Gasteiger partial charge in [-0.2, -0.15) is 14.7 Å². The number of nitrogen functional groups attached to an aromatic ring is 1. The van der Waals surface area contributed by atoms with Crippen LogP contribution in [0.4, 0.5) is 5.82 Å². The van der Waals surface area contributed by atoms with Crippen LogP contribution < -0.4 is 11.2 Å². The average Bonchev–Trinajstić information content (AvgIpc) is 3.61. The number of sulfone groups is 1. The number of amides is 1. The third kappa shape index (κ3) is 5.55. The molecular formula is C27H33N7O6S. The molecule has 14 heteroatoms.